The average Bonchev–Trinajstić information content (AvgIpc) is 2.78. The summed E-state index contributed by atoms with van der Waals surface area (Å²) in [6, 6.07) is 1.52. The van der Waals surface area contributed by atoms with Crippen molar-refractivity contribution in [1.29, 1.82) is 0 Å². The van der Waals surface area contributed by atoms with Crippen molar-refractivity contribution < 1.29 is 4.79 Å². The lowest BCUT2D eigenvalue weighted by atomic mass is 9.78. The molecule has 5 N–H and O–H groups in total. The van der Waals surface area contributed by atoms with E-state index >= 15 is 0 Å². The van der Waals surface area contributed by atoms with Crippen molar-refractivity contribution in [3.8, 4) is 0 Å². The number of rotatable bonds is 3. The number of aromatic nitrogens is 4. The minimum Gasteiger partial charge on any atom is -0.369 e. The van der Waals surface area contributed by atoms with E-state index in [4.69, 9.17) is 5.73 Å². The predicted octanol–water partition coefficient (Wildman–Crippen LogP) is 0.0596. The number of anilines is 1. The molecule has 1 aliphatic carbocycles. The molecule has 0 radical (unpaired) electrons. The zero-order valence-electron chi connectivity index (χ0n) is 11.5. The Labute approximate surface area is 120 Å². The van der Waals surface area contributed by atoms with E-state index in [1.165, 1.54) is 6.07 Å². The topological polar surface area (TPSA) is 130 Å². The summed E-state index contributed by atoms with van der Waals surface area (Å²) in [5, 5.41) is 2.90. The molecule has 0 aliphatic heterocycles. The number of H-pyrrole nitrogens is 2. The Morgan fingerprint density at radius 2 is 2.19 bits per heavy atom. The number of carbonyl (C=O) groups excluding carboxylic acids is 1. The smallest absolute Gasteiger partial charge is 0.287 e. The molecule has 8 heteroatoms. The van der Waals surface area contributed by atoms with Gasteiger partial charge in [-0.15, -0.1) is 0 Å². The molecule has 21 heavy (non-hydrogen) atoms. The van der Waals surface area contributed by atoms with Crippen LogP contribution in [-0.2, 0) is 0 Å². The van der Waals surface area contributed by atoms with E-state index < -0.39 is 0 Å². The summed E-state index contributed by atoms with van der Waals surface area (Å²) in [5.41, 5.74) is 6.79. The second-order valence-electron chi connectivity index (χ2n) is 5.31. The van der Waals surface area contributed by atoms with Crippen LogP contribution in [-0.4, -0.2) is 31.9 Å². The fraction of sp³-hybridized carbons (Fsp3) is 0.385. The highest BCUT2D eigenvalue weighted by molar-refractivity contribution is 5.90. The Hall–Kier alpha value is -2.64. The molecule has 0 aromatic carbocycles. The number of carbonyl (C=O) groups is 1. The van der Waals surface area contributed by atoms with Crippen LogP contribution in [0.1, 0.15) is 40.8 Å². The van der Waals surface area contributed by atoms with Gasteiger partial charge in [-0.3, -0.25) is 14.6 Å². The minimum atomic E-state index is -0.254. The Bertz CT molecular complexity index is 728. The number of nitrogens with zero attached hydrogens (tertiary/aromatic N) is 2. The molecule has 1 aliphatic rings. The van der Waals surface area contributed by atoms with Crippen molar-refractivity contribution in [2.75, 3.05) is 5.73 Å². The van der Waals surface area contributed by atoms with Crippen LogP contribution < -0.4 is 16.6 Å². The molecule has 3 rings (SSSR count). The summed E-state index contributed by atoms with van der Waals surface area (Å²) in [6.07, 6.45) is 3.09. The summed E-state index contributed by atoms with van der Waals surface area (Å²) in [4.78, 5) is 36.7. The maximum atomic E-state index is 11.9. The Kier molecular flexibility index (Phi) is 3.20. The molecule has 2 heterocycles. The normalized spacial score (nSPS) is 20.8. The first-order valence-electron chi connectivity index (χ1n) is 6.70. The summed E-state index contributed by atoms with van der Waals surface area (Å²) in [7, 11) is 0. The summed E-state index contributed by atoms with van der Waals surface area (Å²) >= 11 is 0. The largest absolute Gasteiger partial charge is 0.369 e. The molecule has 1 fully saturated rings. The number of nitrogen functional groups attached to an aromatic ring is 1. The van der Waals surface area contributed by atoms with Gasteiger partial charge in [0, 0.05) is 29.9 Å². The number of nitrogens with one attached hydrogen (secondary N) is 3. The molecule has 1 saturated carbocycles. The van der Waals surface area contributed by atoms with Crippen molar-refractivity contribution in [2.45, 2.75) is 31.7 Å². The molecule has 0 spiro atoms. The third kappa shape index (κ3) is 2.78. The maximum Gasteiger partial charge on any atom is 0.287 e. The third-order valence-electron chi connectivity index (χ3n) is 3.59. The first kappa shape index (κ1) is 13.3. The summed E-state index contributed by atoms with van der Waals surface area (Å²) in [5.74, 6) is 0.369. The van der Waals surface area contributed by atoms with Crippen LogP contribution in [0.15, 0.2) is 17.1 Å². The van der Waals surface area contributed by atoms with Crippen molar-refractivity contribution in [3.63, 3.8) is 0 Å². The van der Waals surface area contributed by atoms with Gasteiger partial charge in [-0.1, -0.05) is 0 Å². The Morgan fingerprint density at radius 1 is 1.43 bits per heavy atom. The fourth-order valence-electron chi connectivity index (χ4n) is 2.46. The van der Waals surface area contributed by atoms with Crippen LogP contribution in [0.2, 0.25) is 0 Å². The van der Waals surface area contributed by atoms with Gasteiger partial charge in [-0.25, -0.2) is 9.97 Å². The second kappa shape index (κ2) is 5.04. The molecule has 1 amide bonds. The number of hydrogen-bond donors (Lipinski definition) is 4. The van der Waals surface area contributed by atoms with Gasteiger partial charge in [0.2, 0.25) is 5.95 Å². The number of imidazole rings is 1. The van der Waals surface area contributed by atoms with Gasteiger partial charge in [0.15, 0.2) is 5.82 Å². The van der Waals surface area contributed by atoms with Crippen molar-refractivity contribution in [2.24, 2.45) is 0 Å². The lowest BCUT2D eigenvalue weighted by Crippen LogP contribution is -2.44. The SMILES string of the molecule is Cc1cnc(C(=O)NC2CC(c3cc(=O)[nH]c(N)n3)C2)[nH]1. The first-order valence-corrected chi connectivity index (χ1v) is 6.70. The van der Waals surface area contributed by atoms with E-state index in [-0.39, 0.29) is 29.4 Å². The summed E-state index contributed by atoms with van der Waals surface area (Å²) < 4.78 is 0. The van der Waals surface area contributed by atoms with E-state index in [1.807, 2.05) is 6.92 Å². The molecule has 0 bridgehead atoms. The van der Waals surface area contributed by atoms with E-state index in [9.17, 15) is 9.59 Å². The number of amides is 1. The second-order valence-corrected chi connectivity index (χ2v) is 5.31. The van der Waals surface area contributed by atoms with E-state index in [2.05, 4.69) is 25.3 Å². The quantitative estimate of drug-likeness (QED) is 0.634. The van der Waals surface area contributed by atoms with Gasteiger partial charge in [-0.2, -0.15) is 0 Å². The monoisotopic (exact) mass is 288 g/mol. The first-order chi connectivity index (χ1) is 10.0. The fourth-order valence-corrected chi connectivity index (χ4v) is 2.46. The lowest BCUT2D eigenvalue weighted by molar-refractivity contribution is 0.0898. The standard InChI is InChI=1S/C13H16N6O2/c1-6-5-15-11(16-6)12(21)17-8-2-7(3-8)9-4-10(20)19-13(14)18-9/h4-5,7-8H,2-3H2,1H3,(H,15,16)(H,17,21)(H3,14,18,19,20). The van der Waals surface area contributed by atoms with E-state index in [0.29, 0.717) is 11.5 Å². The average molecular weight is 288 g/mol. The van der Waals surface area contributed by atoms with Crippen LogP contribution >= 0.6 is 0 Å². The van der Waals surface area contributed by atoms with Gasteiger partial charge < -0.3 is 16.0 Å². The highest BCUT2D eigenvalue weighted by Gasteiger charge is 2.33. The Morgan fingerprint density at radius 3 is 2.81 bits per heavy atom. The van der Waals surface area contributed by atoms with Gasteiger partial charge in [0.25, 0.3) is 11.5 Å². The number of aryl methyl sites for hydroxylation is 1. The zero-order chi connectivity index (χ0) is 15.0. The molecular formula is C13H16N6O2. The molecule has 0 unspecified atom stereocenters. The molecular weight excluding hydrogens is 272 g/mol. The van der Waals surface area contributed by atoms with Crippen molar-refractivity contribution >= 4 is 11.9 Å². The van der Waals surface area contributed by atoms with E-state index in [0.717, 1.165) is 18.5 Å². The van der Waals surface area contributed by atoms with Crippen molar-refractivity contribution in [3.05, 3.63) is 39.8 Å². The third-order valence-corrected chi connectivity index (χ3v) is 3.59. The van der Waals surface area contributed by atoms with Gasteiger partial charge in [0.05, 0.1) is 5.69 Å². The predicted molar refractivity (Wildman–Crippen MR) is 75.8 cm³/mol. The van der Waals surface area contributed by atoms with Crippen LogP contribution in [0.4, 0.5) is 5.95 Å². The summed E-state index contributed by atoms with van der Waals surface area (Å²) in [6.45, 7) is 1.84. The van der Waals surface area contributed by atoms with Crippen LogP contribution in [0, 0.1) is 6.92 Å². The number of aromatic amines is 2. The zero-order valence-corrected chi connectivity index (χ0v) is 11.5. The highest BCUT2D eigenvalue weighted by atomic mass is 16.2. The minimum absolute atomic E-state index is 0.0650. The highest BCUT2D eigenvalue weighted by Crippen LogP contribution is 2.35. The van der Waals surface area contributed by atoms with Crippen LogP contribution in [0.3, 0.4) is 0 Å². The molecule has 2 aromatic rings. The molecule has 110 valence electrons. The lowest BCUT2D eigenvalue weighted by Gasteiger charge is -2.35. The molecule has 2 aromatic heterocycles. The Balaban J connectivity index is 1.58. The van der Waals surface area contributed by atoms with Gasteiger partial charge in [0.1, 0.15) is 0 Å². The number of nitrogens with two attached hydrogens (primary N) is 1. The van der Waals surface area contributed by atoms with Crippen LogP contribution in [0.25, 0.3) is 0 Å². The molecule has 0 atom stereocenters. The maximum absolute atomic E-state index is 11.9. The van der Waals surface area contributed by atoms with Gasteiger partial charge in [-0.05, 0) is 19.8 Å². The molecule has 0 saturated heterocycles. The number of hydrogen-bond acceptors (Lipinski definition) is 5. The molecule has 8 nitrogen and oxygen atoms in total. The van der Waals surface area contributed by atoms with Crippen molar-refractivity contribution in [1.82, 2.24) is 25.3 Å². The van der Waals surface area contributed by atoms with Crippen LogP contribution in [0.5, 0.6) is 0 Å². The van der Waals surface area contributed by atoms with Gasteiger partial charge >= 0.3 is 0 Å². The van der Waals surface area contributed by atoms with E-state index in [1.54, 1.807) is 6.20 Å².